The molecule has 118 valence electrons. The van der Waals surface area contributed by atoms with Crippen LogP contribution in [0.4, 0.5) is 0 Å². The summed E-state index contributed by atoms with van der Waals surface area (Å²) >= 11 is 0. The molecule has 0 bridgehead atoms. The Labute approximate surface area is 127 Å². The average molecular weight is 293 g/mol. The van der Waals surface area contributed by atoms with Gasteiger partial charge in [0.05, 0.1) is 26.4 Å². The fourth-order valence-corrected chi connectivity index (χ4v) is 3.13. The second-order valence-electron chi connectivity index (χ2n) is 5.66. The molecule has 1 saturated heterocycles. The number of hydrogen-bond donors (Lipinski definition) is 1. The van der Waals surface area contributed by atoms with Crippen LogP contribution < -0.4 is 9.47 Å². The molecule has 1 aromatic carbocycles. The summed E-state index contributed by atoms with van der Waals surface area (Å²) in [4.78, 5) is 2.40. The molecule has 21 heavy (non-hydrogen) atoms. The van der Waals surface area contributed by atoms with Crippen molar-refractivity contribution >= 4 is 0 Å². The zero-order chi connectivity index (χ0) is 15.2. The average Bonchev–Trinajstić information content (AvgIpc) is 2.52. The molecule has 1 N–H and O–H groups in total. The van der Waals surface area contributed by atoms with Gasteiger partial charge in [0, 0.05) is 0 Å². The summed E-state index contributed by atoms with van der Waals surface area (Å²) in [6.07, 6.45) is 3.95. The Hall–Kier alpha value is -1.26. The Morgan fingerprint density at radius 3 is 2.67 bits per heavy atom. The second-order valence-corrected chi connectivity index (χ2v) is 5.66. The molecule has 1 aliphatic rings. The van der Waals surface area contributed by atoms with Crippen molar-refractivity contribution in [3.8, 4) is 11.5 Å². The van der Waals surface area contributed by atoms with Crippen molar-refractivity contribution in [1.29, 1.82) is 0 Å². The van der Waals surface area contributed by atoms with Gasteiger partial charge in [0.2, 0.25) is 0 Å². The van der Waals surface area contributed by atoms with E-state index in [-0.39, 0.29) is 12.1 Å². The van der Waals surface area contributed by atoms with Gasteiger partial charge < -0.3 is 14.6 Å². The van der Waals surface area contributed by atoms with E-state index in [1.807, 2.05) is 18.2 Å². The van der Waals surface area contributed by atoms with E-state index in [0.717, 1.165) is 49.4 Å². The minimum Gasteiger partial charge on any atom is -0.493 e. The van der Waals surface area contributed by atoms with Crippen molar-refractivity contribution in [2.24, 2.45) is 0 Å². The molecule has 0 aliphatic carbocycles. The lowest BCUT2D eigenvalue weighted by atomic mass is 9.92. The molecule has 2 rings (SSSR count). The lowest BCUT2D eigenvalue weighted by Crippen LogP contribution is -2.42. The van der Waals surface area contributed by atoms with E-state index < -0.39 is 0 Å². The van der Waals surface area contributed by atoms with E-state index >= 15 is 0 Å². The van der Waals surface area contributed by atoms with Gasteiger partial charge in [-0.15, -0.1) is 0 Å². The third-order valence-electron chi connectivity index (χ3n) is 4.25. The van der Waals surface area contributed by atoms with Crippen molar-refractivity contribution in [3.05, 3.63) is 23.8 Å². The maximum Gasteiger partial charge on any atom is 0.161 e. The third-order valence-corrected chi connectivity index (χ3v) is 4.25. The van der Waals surface area contributed by atoms with E-state index in [1.165, 1.54) is 6.42 Å². The van der Waals surface area contributed by atoms with Crippen LogP contribution in [-0.2, 0) is 0 Å². The molecule has 0 amide bonds. The number of ether oxygens (including phenoxy) is 2. The highest BCUT2D eigenvalue weighted by Gasteiger charge is 2.31. The first-order chi connectivity index (χ1) is 10.2. The summed E-state index contributed by atoms with van der Waals surface area (Å²) < 4.78 is 10.7. The van der Waals surface area contributed by atoms with Gasteiger partial charge in [-0.25, -0.2) is 0 Å². The molecule has 4 nitrogen and oxygen atoms in total. The van der Waals surface area contributed by atoms with E-state index in [1.54, 1.807) is 14.2 Å². The zero-order valence-corrected chi connectivity index (χ0v) is 13.3. The number of aliphatic hydroxyl groups is 1. The van der Waals surface area contributed by atoms with Crippen LogP contribution in [0, 0.1) is 0 Å². The van der Waals surface area contributed by atoms with E-state index in [0.29, 0.717) is 0 Å². The lowest BCUT2D eigenvalue weighted by Gasteiger charge is -2.39. The summed E-state index contributed by atoms with van der Waals surface area (Å²) in [6.45, 7) is 4.29. The number of likely N-dealkylation sites (tertiary alicyclic amines) is 1. The maximum absolute atomic E-state index is 10.5. The Morgan fingerprint density at radius 1 is 1.24 bits per heavy atom. The van der Waals surface area contributed by atoms with Crippen molar-refractivity contribution in [3.63, 3.8) is 0 Å². The van der Waals surface area contributed by atoms with Gasteiger partial charge in [-0.1, -0.05) is 19.4 Å². The second kappa shape index (κ2) is 7.66. The van der Waals surface area contributed by atoms with E-state index in [9.17, 15) is 5.11 Å². The summed E-state index contributed by atoms with van der Waals surface area (Å²) in [5.41, 5.74) is 1.11. The van der Waals surface area contributed by atoms with Crippen LogP contribution in [0.3, 0.4) is 0 Å². The molecule has 0 aromatic heterocycles. The summed E-state index contributed by atoms with van der Waals surface area (Å²) in [7, 11) is 3.29. The number of methoxy groups -OCH3 is 2. The van der Waals surface area contributed by atoms with Crippen molar-refractivity contribution < 1.29 is 14.6 Å². The van der Waals surface area contributed by atoms with E-state index in [2.05, 4.69) is 11.8 Å². The van der Waals surface area contributed by atoms with E-state index in [4.69, 9.17) is 9.47 Å². The fourth-order valence-electron chi connectivity index (χ4n) is 3.13. The molecular weight excluding hydrogens is 266 g/mol. The highest BCUT2D eigenvalue weighted by Crippen LogP contribution is 2.36. The van der Waals surface area contributed by atoms with Crippen LogP contribution in [0.25, 0.3) is 0 Å². The molecule has 1 fully saturated rings. The van der Waals surface area contributed by atoms with Gasteiger partial charge >= 0.3 is 0 Å². The molecule has 0 unspecified atom stereocenters. The Bertz CT molecular complexity index is 450. The third kappa shape index (κ3) is 3.69. The van der Waals surface area contributed by atoms with Crippen LogP contribution >= 0.6 is 0 Å². The zero-order valence-electron chi connectivity index (χ0n) is 13.3. The summed E-state index contributed by atoms with van der Waals surface area (Å²) in [6, 6.07) is 6.02. The van der Waals surface area contributed by atoms with Crippen LogP contribution in [0.1, 0.15) is 44.2 Å². The fraction of sp³-hybridized carbons (Fsp3) is 0.647. The first-order valence-corrected chi connectivity index (χ1v) is 7.85. The van der Waals surface area contributed by atoms with Crippen molar-refractivity contribution in [2.45, 2.75) is 44.8 Å². The molecule has 0 radical (unpaired) electrons. The highest BCUT2D eigenvalue weighted by atomic mass is 16.5. The number of benzene rings is 1. The quantitative estimate of drug-likeness (QED) is 0.875. The van der Waals surface area contributed by atoms with Gasteiger partial charge in [-0.2, -0.15) is 0 Å². The van der Waals surface area contributed by atoms with Gasteiger partial charge in [0.15, 0.2) is 11.5 Å². The van der Waals surface area contributed by atoms with Gasteiger partial charge in [0.25, 0.3) is 0 Å². The predicted molar refractivity (Wildman–Crippen MR) is 84.0 cm³/mol. The Morgan fingerprint density at radius 2 is 2.00 bits per heavy atom. The number of hydrogen-bond acceptors (Lipinski definition) is 4. The summed E-state index contributed by atoms with van der Waals surface area (Å²) in [5, 5.41) is 10.5. The molecule has 0 spiro atoms. The molecule has 2 atom stereocenters. The SMILES string of the molecule is CCCCN1CCC[C@H](O)[C@@H]1c1ccc(OC)c(OC)c1. The number of aliphatic hydroxyl groups excluding tert-OH is 1. The minimum absolute atomic E-state index is 0.0603. The number of nitrogens with zero attached hydrogens (tertiary/aromatic N) is 1. The van der Waals surface area contributed by atoms with Crippen LogP contribution in [0.15, 0.2) is 18.2 Å². The normalized spacial score (nSPS) is 23.0. The standard InChI is InChI=1S/C17H27NO3/c1-4-5-10-18-11-6-7-14(19)17(18)13-8-9-15(20-2)16(12-13)21-3/h8-9,12,14,17,19H,4-7,10-11H2,1-3H3/t14-,17-/m0/s1. The molecular formula is C17H27NO3. The highest BCUT2D eigenvalue weighted by molar-refractivity contribution is 5.44. The summed E-state index contributed by atoms with van der Waals surface area (Å²) in [5.74, 6) is 1.45. The number of piperidine rings is 1. The van der Waals surface area contributed by atoms with Crippen molar-refractivity contribution in [2.75, 3.05) is 27.3 Å². The van der Waals surface area contributed by atoms with Crippen molar-refractivity contribution in [1.82, 2.24) is 4.90 Å². The Kier molecular flexibility index (Phi) is 5.88. The topological polar surface area (TPSA) is 41.9 Å². The number of rotatable bonds is 6. The minimum atomic E-state index is -0.311. The first-order valence-electron chi connectivity index (χ1n) is 7.85. The molecule has 1 aliphatic heterocycles. The largest absolute Gasteiger partial charge is 0.493 e. The number of unbranched alkanes of at least 4 members (excludes halogenated alkanes) is 1. The smallest absolute Gasteiger partial charge is 0.161 e. The van der Waals surface area contributed by atoms with Gasteiger partial charge in [0.1, 0.15) is 0 Å². The monoisotopic (exact) mass is 293 g/mol. The Balaban J connectivity index is 2.26. The molecule has 0 saturated carbocycles. The van der Waals surface area contributed by atoms with Gasteiger partial charge in [-0.3, -0.25) is 4.90 Å². The predicted octanol–water partition coefficient (Wildman–Crippen LogP) is 3.00. The maximum atomic E-state index is 10.5. The molecule has 4 heteroatoms. The molecule has 1 heterocycles. The lowest BCUT2D eigenvalue weighted by molar-refractivity contribution is 0.00899. The van der Waals surface area contributed by atoms with Crippen LogP contribution in [0.2, 0.25) is 0 Å². The van der Waals surface area contributed by atoms with Crippen LogP contribution in [-0.4, -0.2) is 43.4 Å². The van der Waals surface area contributed by atoms with Crippen LogP contribution in [0.5, 0.6) is 11.5 Å². The first kappa shape index (κ1) is 16.1. The van der Waals surface area contributed by atoms with Gasteiger partial charge in [-0.05, 0) is 50.0 Å². The molecule has 1 aromatic rings.